The van der Waals surface area contributed by atoms with Crippen LogP contribution in [0.4, 0.5) is 0 Å². The first-order valence-electron chi connectivity index (χ1n) is 13.3. The van der Waals surface area contributed by atoms with Gasteiger partial charge in [0.1, 0.15) is 0 Å². The van der Waals surface area contributed by atoms with Crippen molar-refractivity contribution in [3.63, 3.8) is 0 Å². The molecular weight excluding hydrogens is 376 g/mol. The first kappa shape index (κ1) is 23.3. The van der Waals surface area contributed by atoms with Crippen molar-refractivity contribution in [2.45, 2.75) is 119 Å². The van der Waals surface area contributed by atoms with Gasteiger partial charge in [0.05, 0.1) is 6.10 Å². The summed E-state index contributed by atoms with van der Waals surface area (Å²) >= 11 is 0. The largest absolute Gasteiger partial charge is 0.393 e. The molecule has 0 heterocycles. The topological polar surface area (TPSA) is 20.2 Å². The zero-order chi connectivity index (χ0) is 22.6. The fourth-order valence-electron chi connectivity index (χ4n) is 8.72. The highest BCUT2D eigenvalue weighted by atomic mass is 16.3. The Labute approximate surface area is 192 Å². The SMILES string of the molecule is CCC1(C)C(O)CC[C@]2(C)C3=C(CCC12)C1=CC[C@H]([C@H](C)CCC=C(C)C)[C@@]1(C)CC3. The molecule has 0 spiro atoms. The van der Waals surface area contributed by atoms with Crippen LogP contribution in [0.2, 0.25) is 0 Å². The molecule has 7 atom stereocenters. The van der Waals surface area contributed by atoms with Gasteiger partial charge in [-0.25, -0.2) is 0 Å². The number of aliphatic hydroxyl groups is 1. The number of fused-ring (bicyclic) bond motifs is 4. The molecule has 0 aromatic rings. The van der Waals surface area contributed by atoms with Crippen LogP contribution < -0.4 is 0 Å². The zero-order valence-electron chi connectivity index (χ0n) is 21.5. The Bertz CT molecular complexity index is 795. The van der Waals surface area contributed by atoms with Gasteiger partial charge in [-0.1, -0.05) is 57.9 Å². The van der Waals surface area contributed by atoms with Gasteiger partial charge in [0.15, 0.2) is 0 Å². The van der Waals surface area contributed by atoms with Crippen molar-refractivity contribution < 1.29 is 5.11 Å². The van der Waals surface area contributed by atoms with Crippen molar-refractivity contribution in [2.24, 2.45) is 34.0 Å². The lowest BCUT2D eigenvalue weighted by Gasteiger charge is -2.60. The molecule has 0 radical (unpaired) electrons. The summed E-state index contributed by atoms with van der Waals surface area (Å²) in [5.74, 6) is 2.23. The van der Waals surface area contributed by atoms with Crippen molar-refractivity contribution in [3.8, 4) is 0 Å². The van der Waals surface area contributed by atoms with Gasteiger partial charge in [-0.3, -0.25) is 0 Å². The minimum absolute atomic E-state index is 0.0817. The molecule has 3 unspecified atom stereocenters. The molecule has 0 amide bonds. The maximum absolute atomic E-state index is 10.9. The summed E-state index contributed by atoms with van der Waals surface area (Å²) < 4.78 is 0. The minimum Gasteiger partial charge on any atom is -0.393 e. The fraction of sp³-hybridized carbons (Fsp3) is 0.800. The summed E-state index contributed by atoms with van der Waals surface area (Å²) in [6.45, 7) is 16.8. The Hall–Kier alpha value is -0.820. The summed E-state index contributed by atoms with van der Waals surface area (Å²) in [6.07, 6.45) is 17.2. The van der Waals surface area contributed by atoms with Crippen LogP contribution in [0, 0.1) is 34.0 Å². The number of hydrogen-bond acceptors (Lipinski definition) is 1. The second kappa shape index (κ2) is 8.19. The van der Waals surface area contributed by atoms with Crippen LogP contribution >= 0.6 is 0 Å². The lowest BCUT2D eigenvalue weighted by atomic mass is 9.45. The number of rotatable bonds is 5. The van der Waals surface area contributed by atoms with Crippen LogP contribution in [0.15, 0.2) is 34.4 Å². The van der Waals surface area contributed by atoms with Crippen LogP contribution in [0.5, 0.6) is 0 Å². The highest BCUT2D eigenvalue weighted by Gasteiger charge is 2.58. The van der Waals surface area contributed by atoms with Crippen molar-refractivity contribution >= 4 is 0 Å². The van der Waals surface area contributed by atoms with E-state index >= 15 is 0 Å². The normalized spacial score (nSPS) is 43.0. The first-order valence-corrected chi connectivity index (χ1v) is 13.3. The standard InChI is InChI=1S/C30H48O/c1-8-28(5)26-15-12-22-24-14-13-23(21(4)11-9-10-20(2)3)29(24,6)18-16-25(22)30(26,7)19-17-27(28)31/h10,14,21,23,26-27,31H,8-9,11-13,15-19H2,1-7H3/t21-,23-,26?,27?,28?,29-,30-/m1/s1. The Morgan fingerprint density at radius 1 is 1.13 bits per heavy atom. The summed E-state index contributed by atoms with van der Waals surface area (Å²) in [7, 11) is 0. The zero-order valence-corrected chi connectivity index (χ0v) is 21.5. The van der Waals surface area contributed by atoms with E-state index in [1.807, 2.05) is 0 Å². The Morgan fingerprint density at radius 2 is 1.87 bits per heavy atom. The van der Waals surface area contributed by atoms with Crippen LogP contribution in [0.3, 0.4) is 0 Å². The van der Waals surface area contributed by atoms with Gasteiger partial charge >= 0.3 is 0 Å². The Kier molecular flexibility index (Phi) is 6.17. The predicted molar refractivity (Wildman–Crippen MR) is 133 cm³/mol. The highest BCUT2D eigenvalue weighted by molar-refractivity contribution is 5.49. The summed E-state index contributed by atoms with van der Waals surface area (Å²) in [6, 6.07) is 0. The molecule has 0 saturated heterocycles. The first-order chi connectivity index (χ1) is 14.6. The molecule has 4 aliphatic rings. The van der Waals surface area contributed by atoms with Crippen molar-refractivity contribution in [1.29, 1.82) is 0 Å². The van der Waals surface area contributed by atoms with Crippen LogP contribution in [0.25, 0.3) is 0 Å². The molecule has 1 fully saturated rings. The van der Waals surface area contributed by atoms with Crippen molar-refractivity contribution in [3.05, 3.63) is 34.4 Å². The molecular formula is C30H48O. The van der Waals surface area contributed by atoms with Crippen LogP contribution in [-0.4, -0.2) is 11.2 Å². The maximum atomic E-state index is 10.9. The molecule has 0 aliphatic heterocycles. The van der Waals surface area contributed by atoms with E-state index in [1.165, 1.54) is 56.9 Å². The third-order valence-corrected chi connectivity index (χ3v) is 10.9. The van der Waals surface area contributed by atoms with Gasteiger partial charge < -0.3 is 5.11 Å². The van der Waals surface area contributed by atoms with E-state index in [2.05, 4.69) is 60.6 Å². The molecule has 174 valence electrons. The van der Waals surface area contributed by atoms with E-state index in [0.717, 1.165) is 24.7 Å². The summed E-state index contributed by atoms with van der Waals surface area (Å²) in [4.78, 5) is 0. The van der Waals surface area contributed by atoms with Gasteiger partial charge in [-0.15, -0.1) is 0 Å². The highest BCUT2D eigenvalue weighted by Crippen LogP contribution is 2.67. The smallest absolute Gasteiger partial charge is 0.0597 e. The maximum Gasteiger partial charge on any atom is 0.0597 e. The third kappa shape index (κ3) is 3.53. The lowest BCUT2D eigenvalue weighted by molar-refractivity contribution is -0.103. The van der Waals surface area contributed by atoms with Crippen molar-refractivity contribution in [2.75, 3.05) is 0 Å². The average molecular weight is 425 g/mol. The molecule has 4 rings (SSSR count). The molecule has 1 nitrogen and oxygen atoms in total. The Morgan fingerprint density at radius 3 is 2.55 bits per heavy atom. The van der Waals surface area contributed by atoms with Gasteiger partial charge in [0.2, 0.25) is 0 Å². The van der Waals surface area contributed by atoms with E-state index in [0.29, 0.717) is 16.7 Å². The molecule has 0 aromatic carbocycles. The quantitative estimate of drug-likeness (QED) is 0.439. The van der Waals surface area contributed by atoms with E-state index in [1.54, 1.807) is 16.7 Å². The van der Waals surface area contributed by atoms with E-state index in [9.17, 15) is 5.11 Å². The number of hydrogen-bond donors (Lipinski definition) is 1. The number of aliphatic hydroxyl groups excluding tert-OH is 1. The van der Waals surface area contributed by atoms with Gasteiger partial charge in [0, 0.05) is 0 Å². The summed E-state index contributed by atoms with van der Waals surface area (Å²) in [5.41, 5.74) is 7.53. The summed E-state index contributed by atoms with van der Waals surface area (Å²) in [5, 5.41) is 10.9. The van der Waals surface area contributed by atoms with Crippen LogP contribution in [0.1, 0.15) is 113 Å². The molecule has 0 aromatic heterocycles. The number of allylic oxidation sites excluding steroid dienone is 6. The van der Waals surface area contributed by atoms with Gasteiger partial charge in [-0.2, -0.15) is 0 Å². The minimum atomic E-state index is -0.122. The van der Waals surface area contributed by atoms with Crippen LogP contribution in [-0.2, 0) is 0 Å². The van der Waals surface area contributed by atoms with E-state index in [4.69, 9.17) is 0 Å². The molecule has 1 N–H and O–H groups in total. The van der Waals surface area contributed by atoms with Gasteiger partial charge in [0.25, 0.3) is 0 Å². The molecule has 4 aliphatic carbocycles. The van der Waals surface area contributed by atoms with Crippen molar-refractivity contribution in [1.82, 2.24) is 0 Å². The second-order valence-corrected chi connectivity index (χ2v) is 12.6. The van der Waals surface area contributed by atoms with E-state index < -0.39 is 0 Å². The Balaban J connectivity index is 1.61. The molecule has 1 saturated carbocycles. The predicted octanol–water partition coefficient (Wildman–Crippen LogP) is 8.40. The molecule has 31 heavy (non-hydrogen) atoms. The average Bonchev–Trinajstić information content (AvgIpc) is 3.08. The van der Waals surface area contributed by atoms with Gasteiger partial charge in [-0.05, 0) is 123 Å². The molecule has 1 heteroatoms. The van der Waals surface area contributed by atoms with E-state index in [-0.39, 0.29) is 11.5 Å². The monoisotopic (exact) mass is 424 g/mol. The lowest BCUT2D eigenvalue weighted by Crippen LogP contribution is -2.54. The fourth-order valence-corrected chi connectivity index (χ4v) is 8.72. The third-order valence-electron chi connectivity index (χ3n) is 10.9. The molecule has 0 bridgehead atoms. The second-order valence-electron chi connectivity index (χ2n) is 12.6.